The standard InChI is InChI=1S/C24H22N4O4S/c1-14-7-3-6-10-20(14)28-22(30)17(21(29)27-24(28)33)13-26-19(23(31)32-2)11-15-12-25-18-9-5-4-8-16(15)18/h3-10,12-13,19,25,30H,11H2,1-2H3,(H,27,29,33). The van der Waals surface area contributed by atoms with Crippen molar-refractivity contribution in [1.82, 2.24) is 14.5 Å². The van der Waals surface area contributed by atoms with Crippen LogP contribution in [0, 0.1) is 11.7 Å². The molecule has 33 heavy (non-hydrogen) atoms. The topological polar surface area (TPSA) is 112 Å². The van der Waals surface area contributed by atoms with Crippen LogP contribution in [-0.4, -0.2) is 45.0 Å². The highest BCUT2D eigenvalue weighted by Crippen LogP contribution is 2.23. The van der Waals surface area contributed by atoms with Gasteiger partial charge in [-0.15, -0.1) is 0 Å². The van der Waals surface area contributed by atoms with Crippen molar-refractivity contribution in [2.45, 2.75) is 19.4 Å². The molecular weight excluding hydrogens is 440 g/mol. The fourth-order valence-corrected chi connectivity index (χ4v) is 3.98. The number of aromatic hydroxyl groups is 1. The summed E-state index contributed by atoms with van der Waals surface area (Å²) in [7, 11) is 1.28. The predicted octanol–water partition coefficient (Wildman–Crippen LogP) is 3.59. The van der Waals surface area contributed by atoms with Crippen molar-refractivity contribution in [3.05, 3.63) is 86.5 Å². The smallest absolute Gasteiger partial charge is 0.330 e. The number of para-hydroxylation sites is 2. The molecule has 2 aromatic heterocycles. The number of fused-ring (bicyclic) bond motifs is 1. The number of aromatic nitrogens is 3. The molecule has 0 aliphatic rings. The number of methoxy groups -OCH3 is 1. The number of benzene rings is 2. The third-order valence-corrected chi connectivity index (χ3v) is 5.71. The number of carbonyl (C=O) groups is 1. The molecule has 0 fully saturated rings. The van der Waals surface area contributed by atoms with Gasteiger partial charge in [-0.1, -0.05) is 36.4 Å². The Kier molecular flexibility index (Phi) is 6.23. The van der Waals surface area contributed by atoms with E-state index in [1.807, 2.05) is 49.5 Å². The van der Waals surface area contributed by atoms with Crippen LogP contribution in [0.1, 0.15) is 16.7 Å². The minimum absolute atomic E-state index is 0.0484. The van der Waals surface area contributed by atoms with Crippen molar-refractivity contribution in [3.63, 3.8) is 0 Å². The summed E-state index contributed by atoms with van der Waals surface area (Å²) in [6.07, 6.45) is 3.26. The van der Waals surface area contributed by atoms with E-state index in [4.69, 9.17) is 17.0 Å². The lowest BCUT2D eigenvalue weighted by atomic mass is 10.1. The average molecular weight is 463 g/mol. The molecule has 0 bridgehead atoms. The van der Waals surface area contributed by atoms with E-state index < -0.39 is 17.6 Å². The lowest BCUT2D eigenvalue weighted by molar-refractivity contribution is -0.142. The minimum Gasteiger partial charge on any atom is -0.494 e. The Morgan fingerprint density at radius 2 is 1.97 bits per heavy atom. The van der Waals surface area contributed by atoms with Gasteiger partial charge in [0.15, 0.2) is 10.8 Å². The molecular formula is C24H22N4O4S. The van der Waals surface area contributed by atoms with Gasteiger partial charge in [0.05, 0.1) is 12.8 Å². The molecule has 0 spiro atoms. The number of esters is 1. The Labute approximate surface area is 194 Å². The molecule has 168 valence electrons. The molecule has 0 aliphatic carbocycles. The van der Waals surface area contributed by atoms with E-state index in [1.165, 1.54) is 17.9 Å². The van der Waals surface area contributed by atoms with Gasteiger partial charge in [-0.05, 0) is 42.4 Å². The first-order chi connectivity index (χ1) is 15.9. The normalized spacial score (nSPS) is 12.3. The van der Waals surface area contributed by atoms with Crippen LogP contribution in [-0.2, 0) is 16.0 Å². The van der Waals surface area contributed by atoms with Crippen LogP contribution in [0.15, 0.2) is 64.5 Å². The summed E-state index contributed by atoms with van der Waals surface area (Å²) in [5.74, 6) is -0.920. The van der Waals surface area contributed by atoms with Crippen LogP contribution in [0.25, 0.3) is 16.6 Å². The number of aryl methyl sites for hydroxylation is 1. The van der Waals surface area contributed by atoms with Crippen molar-refractivity contribution in [3.8, 4) is 11.6 Å². The summed E-state index contributed by atoms with van der Waals surface area (Å²) in [5.41, 5.74) is 2.57. The first-order valence-electron chi connectivity index (χ1n) is 10.2. The number of rotatable bonds is 6. The SMILES string of the molecule is COC(=O)C(Cc1c[nH]c2ccccc12)N=Cc1c(O)n(-c2ccccc2C)c(=S)[nH]c1=O. The molecule has 9 heteroatoms. The van der Waals surface area contributed by atoms with Crippen LogP contribution in [0.4, 0.5) is 0 Å². The van der Waals surface area contributed by atoms with Crippen molar-refractivity contribution in [2.75, 3.05) is 7.11 Å². The van der Waals surface area contributed by atoms with Crippen LogP contribution in [0.2, 0.25) is 0 Å². The highest BCUT2D eigenvalue weighted by Gasteiger charge is 2.21. The van der Waals surface area contributed by atoms with Crippen molar-refractivity contribution in [2.24, 2.45) is 4.99 Å². The molecule has 0 aliphatic heterocycles. The zero-order valence-corrected chi connectivity index (χ0v) is 18.8. The van der Waals surface area contributed by atoms with Gasteiger partial charge in [0.2, 0.25) is 5.88 Å². The Morgan fingerprint density at radius 3 is 2.73 bits per heavy atom. The Hall–Kier alpha value is -3.98. The van der Waals surface area contributed by atoms with Crippen molar-refractivity contribution in [1.29, 1.82) is 0 Å². The highest BCUT2D eigenvalue weighted by atomic mass is 32.1. The molecule has 4 rings (SSSR count). The number of H-pyrrole nitrogens is 2. The average Bonchev–Trinajstić information content (AvgIpc) is 3.21. The van der Waals surface area contributed by atoms with Crippen molar-refractivity contribution < 1.29 is 14.6 Å². The summed E-state index contributed by atoms with van der Waals surface area (Å²) in [6.45, 7) is 1.86. The summed E-state index contributed by atoms with van der Waals surface area (Å²) in [5, 5.41) is 11.9. The molecule has 2 aromatic carbocycles. The number of aliphatic imine (C=N–C) groups is 1. The molecule has 4 aromatic rings. The van der Waals surface area contributed by atoms with Gasteiger partial charge in [-0.3, -0.25) is 19.3 Å². The number of nitrogens with zero attached hydrogens (tertiary/aromatic N) is 2. The molecule has 1 unspecified atom stereocenters. The van der Waals surface area contributed by atoms with Crippen LogP contribution < -0.4 is 5.56 Å². The van der Waals surface area contributed by atoms with E-state index in [0.29, 0.717) is 5.69 Å². The third-order valence-electron chi connectivity index (χ3n) is 5.42. The largest absolute Gasteiger partial charge is 0.494 e. The molecule has 0 amide bonds. The van der Waals surface area contributed by atoms with Gasteiger partial charge in [-0.25, -0.2) is 4.79 Å². The van der Waals surface area contributed by atoms with Gasteiger partial charge < -0.3 is 14.8 Å². The summed E-state index contributed by atoms with van der Waals surface area (Å²) in [6, 6.07) is 14.1. The van der Waals surface area contributed by atoms with E-state index in [2.05, 4.69) is 15.0 Å². The fraction of sp³-hybridized carbons (Fsp3) is 0.167. The van der Waals surface area contributed by atoms with Gasteiger partial charge in [0, 0.05) is 29.7 Å². The number of carbonyl (C=O) groups excluding carboxylic acids is 1. The van der Waals surface area contributed by atoms with Crippen molar-refractivity contribution >= 4 is 35.3 Å². The van der Waals surface area contributed by atoms with Gasteiger partial charge >= 0.3 is 5.97 Å². The number of ether oxygens (including phenoxy) is 1. The lowest BCUT2D eigenvalue weighted by Gasteiger charge is -2.14. The van der Waals surface area contributed by atoms with E-state index >= 15 is 0 Å². The first kappa shape index (κ1) is 22.2. The monoisotopic (exact) mass is 462 g/mol. The third kappa shape index (κ3) is 4.35. The maximum Gasteiger partial charge on any atom is 0.330 e. The second-order valence-corrected chi connectivity index (χ2v) is 7.89. The van der Waals surface area contributed by atoms with Gasteiger partial charge in [0.25, 0.3) is 5.56 Å². The molecule has 3 N–H and O–H groups in total. The van der Waals surface area contributed by atoms with Crippen LogP contribution in [0.3, 0.4) is 0 Å². The number of nitrogens with one attached hydrogen (secondary N) is 2. The number of hydrogen-bond donors (Lipinski definition) is 3. The van der Waals surface area contributed by atoms with E-state index in [-0.39, 0.29) is 22.6 Å². The van der Waals surface area contributed by atoms with Gasteiger partial charge in [-0.2, -0.15) is 0 Å². The van der Waals surface area contributed by atoms with Crippen LogP contribution >= 0.6 is 12.2 Å². The molecule has 0 radical (unpaired) electrons. The van der Waals surface area contributed by atoms with Crippen LogP contribution in [0.5, 0.6) is 5.88 Å². The first-order valence-corrected chi connectivity index (χ1v) is 10.6. The fourth-order valence-electron chi connectivity index (χ4n) is 3.70. The zero-order chi connectivity index (χ0) is 23.5. The maximum absolute atomic E-state index is 12.6. The lowest BCUT2D eigenvalue weighted by Crippen LogP contribution is -2.24. The summed E-state index contributed by atoms with van der Waals surface area (Å²) >= 11 is 5.27. The highest BCUT2D eigenvalue weighted by molar-refractivity contribution is 7.71. The molecule has 0 saturated carbocycles. The maximum atomic E-state index is 12.6. The Morgan fingerprint density at radius 1 is 1.24 bits per heavy atom. The summed E-state index contributed by atoms with van der Waals surface area (Å²) in [4.78, 5) is 35.0. The molecule has 0 saturated heterocycles. The Balaban J connectivity index is 1.75. The number of aromatic amines is 2. The van der Waals surface area contributed by atoms with E-state index in [0.717, 1.165) is 22.0 Å². The predicted molar refractivity (Wildman–Crippen MR) is 129 cm³/mol. The van der Waals surface area contributed by atoms with E-state index in [1.54, 1.807) is 12.1 Å². The van der Waals surface area contributed by atoms with E-state index in [9.17, 15) is 14.7 Å². The zero-order valence-electron chi connectivity index (χ0n) is 18.0. The minimum atomic E-state index is -0.914. The molecule has 1 atom stereocenters. The summed E-state index contributed by atoms with van der Waals surface area (Å²) < 4.78 is 6.33. The number of hydrogen-bond acceptors (Lipinski definition) is 6. The molecule has 2 heterocycles. The quantitative estimate of drug-likeness (QED) is 0.230. The Bertz CT molecular complexity index is 1480. The molecule has 8 nitrogen and oxygen atoms in total. The second kappa shape index (κ2) is 9.25. The van der Waals surface area contributed by atoms with Gasteiger partial charge in [0.1, 0.15) is 5.56 Å². The second-order valence-electron chi connectivity index (χ2n) is 7.50.